The third-order valence-corrected chi connectivity index (χ3v) is 15.5. The highest BCUT2D eigenvalue weighted by molar-refractivity contribution is 7.95. The molecule has 4 rings (SSSR count). The minimum Gasteiger partial charge on any atom is -0.691 e. The van der Waals surface area contributed by atoms with Gasteiger partial charge in [-0.05, 0) is 85.6 Å². The van der Waals surface area contributed by atoms with Gasteiger partial charge in [0.05, 0.1) is 13.2 Å². The number of hydrogen-bond acceptors (Lipinski definition) is 8. The van der Waals surface area contributed by atoms with Crippen LogP contribution in [0.3, 0.4) is 0 Å². The molecule has 8 nitrogen and oxygen atoms in total. The molecule has 358 valence electrons. The first-order valence-corrected chi connectivity index (χ1v) is 26.8. The van der Waals surface area contributed by atoms with Crippen LogP contribution < -0.4 is 57.1 Å². The topological polar surface area (TPSA) is 114 Å². The van der Waals surface area contributed by atoms with Crippen LogP contribution in [0.5, 0.6) is 11.5 Å². The minimum absolute atomic E-state index is 0.0655. The van der Waals surface area contributed by atoms with Gasteiger partial charge in [0, 0.05) is 0 Å². The van der Waals surface area contributed by atoms with Crippen LogP contribution in [0.25, 0.3) is 0 Å². The number of halogens is 10. The first-order chi connectivity index (χ1) is 30.3. The lowest BCUT2D eigenvalue weighted by Crippen LogP contribution is -3.61. The average molecular weight is 1180 g/mol. The Morgan fingerprint density at radius 1 is 0.531 bits per heavy atom. The molecule has 0 unspecified atom stereocenters. The molecule has 0 bridgehead atoms. The zero-order valence-corrected chi connectivity index (χ0v) is 41.1. The first kappa shape index (κ1) is 57.6. The predicted octanol–water partition coefficient (Wildman–Crippen LogP) is 6.31. The van der Waals surface area contributed by atoms with Crippen molar-refractivity contribution >= 4 is 22.2 Å². The second kappa shape index (κ2) is 30.0. The molecule has 0 saturated carbocycles. The summed E-state index contributed by atoms with van der Waals surface area (Å²) in [7, 11) is -7.16. The summed E-state index contributed by atoms with van der Waals surface area (Å²) in [6.07, 6.45) is 15.7. The van der Waals surface area contributed by atoms with E-state index < -0.39 is 44.5 Å². The molecule has 0 fully saturated rings. The molecule has 0 amide bonds. The van der Waals surface area contributed by atoms with Crippen molar-refractivity contribution in [3.05, 3.63) is 123 Å². The standard InChI is InChI=1S/2C20H26IO.C4H2F8O6S2/c2*1-2-3-4-5-6-10-17-22-20-15-13-19(14-16-20)21-18-11-8-7-9-12-18;5-1(6,3(9,10)19-18-17-13)2(7,8)4(11,12)20(14,15)16/h2*7-9,11-16H,2-6,10,17H2,1H3;13H,(H,14,15,16)/q2*+1;/p-1. The predicted molar refractivity (Wildman–Crippen MR) is 219 cm³/mol. The molecule has 64 heavy (non-hydrogen) atoms. The summed E-state index contributed by atoms with van der Waals surface area (Å²) in [5.74, 6) is -12.3. The maximum absolute atomic E-state index is 12.7. The molecule has 0 heterocycles. The Morgan fingerprint density at radius 2 is 0.875 bits per heavy atom. The Balaban J connectivity index is 0.000000331. The highest BCUT2D eigenvalue weighted by Gasteiger charge is 2.85. The molecule has 0 atom stereocenters. The van der Waals surface area contributed by atoms with Crippen LogP contribution in [-0.2, 0) is 19.5 Å². The average Bonchev–Trinajstić information content (AvgIpc) is 3.27. The summed E-state index contributed by atoms with van der Waals surface area (Å²) < 4.78 is 149. The van der Waals surface area contributed by atoms with Crippen LogP contribution >= 0.6 is 12.0 Å². The lowest BCUT2D eigenvalue weighted by Gasteiger charge is -2.34. The lowest BCUT2D eigenvalue weighted by atomic mass is 10.1. The molecule has 0 radical (unpaired) electrons. The summed E-state index contributed by atoms with van der Waals surface area (Å²) >= 11 is -2.20. The van der Waals surface area contributed by atoms with Crippen molar-refractivity contribution < 1.29 is 115 Å². The van der Waals surface area contributed by atoms with Gasteiger partial charge in [0.1, 0.15) is 23.5 Å². The van der Waals surface area contributed by atoms with Crippen molar-refractivity contribution in [2.45, 2.75) is 113 Å². The highest BCUT2D eigenvalue weighted by atomic mass is 127. The zero-order chi connectivity index (χ0) is 47.5. The van der Waals surface area contributed by atoms with Gasteiger partial charge in [0.15, 0.2) is 14.3 Å². The number of benzene rings is 4. The molecule has 0 aliphatic carbocycles. The van der Waals surface area contributed by atoms with Gasteiger partial charge < -0.3 is 14.7 Å². The van der Waals surface area contributed by atoms with Gasteiger partial charge >= 0.3 is 74.9 Å². The van der Waals surface area contributed by atoms with E-state index in [1.165, 1.54) is 91.3 Å². The summed E-state index contributed by atoms with van der Waals surface area (Å²) in [5.41, 5.74) is 0. The summed E-state index contributed by atoms with van der Waals surface area (Å²) in [6.45, 7) is 6.21. The van der Waals surface area contributed by atoms with Crippen LogP contribution in [-0.4, -0.2) is 48.5 Å². The molecule has 0 aromatic heterocycles. The first-order valence-electron chi connectivity index (χ1n) is 20.3. The van der Waals surface area contributed by atoms with Crippen LogP contribution in [0.1, 0.15) is 90.9 Å². The highest BCUT2D eigenvalue weighted by Crippen LogP contribution is 2.57. The number of unbranched alkanes of at least 4 members (excludes halogenated alkanes) is 10. The monoisotopic (exact) mass is 1180 g/mol. The zero-order valence-electron chi connectivity index (χ0n) is 35.2. The minimum atomic E-state index is -7.25. The Labute approximate surface area is 395 Å². The van der Waals surface area contributed by atoms with Crippen molar-refractivity contribution in [1.29, 1.82) is 0 Å². The Hall–Kier alpha value is -2.48. The number of hydrogen-bond donors (Lipinski definition) is 1. The van der Waals surface area contributed by atoms with E-state index in [1.54, 1.807) is 0 Å². The van der Waals surface area contributed by atoms with Crippen LogP contribution in [0.15, 0.2) is 109 Å². The second-order valence-corrected chi connectivity index (χ2v) is 22.1. The van der Waals surface area contributed by atoms with E-state index in [-0.39, 0.29) is 42.4 Å². The van der Waals surface area contributed by atoms with E-state index in [1.807, 2.05) is 0 Å². The summed E-state index contributed by atoms with van der Waals surface area (Å²) in [5, 5.41) is -1.91. The van der Waals surface area contributed by atoms with Crippen molar-refractivity contribution in [2.75, 3.05) is 13.2 Å². The lowest BCUT2D eigenvalue weighted by molar-refractivity contribution is -0.777. The maximum atomic E-state index is 12.7. The third-order valence-electron chi connectivity index (χ3n) is 8.68. The molecule has 1 N–H and O–H groups in total. The second-order valence-electron chi connectivity index (χ2n) is 13.8. The Bertz CT molecular complexity index is 1840. The molecule has 0 spiro atoms. The van der Waals surface area contributed by atoms with Crippen LogP contribution in [0, 0.1) is 14.3 Å². The molecular weight excluding hydrogens is 1130 g/mol. The SMILES string of the molecule is CCCCCCCCOc1ccc([I+]c2ccccc2)cc1.CCCCCCCCOc1ccc([I+]c2ccccc2)cc1.O=S(=O)(O)C(F)(F)C(F)(F)C(F)(F)C(F)(F)SOO[O-]. The number of alkyl halides is 8. The van der Waals surface area contributed by atoms with E-state index in [2.05, 4.69) is 132 Å². The third kappa shape index (κ3) is 20.2. The number of rotatable bonds is 27. The molecular formula is C44H53F8I2O8S2+. The van der Waals surface area contributed by atoms with E-state index in [0.29, 0.717) is 0 Å². The van der Waals surface area contributed by atoms with E-state index in [4.69, 9.17) is 19.3 Å². The van der Waals surface area contributed by atoms with E-state index >= 15 is 0 Å². The molecule has 4 aromatic carbocycles. The van der Waals surface area contributed by atoms with E-state index in [0.717, 1.165) is 24.7 Å². The quantitative estimate of drug-likeness (QED) is 0.0140. The fourth-order valence-electron chi connectivity index (χ4n) is 5.18. The van der Waals surface area contributed by atoms with Gasteiger partial charge in [-0.25, -0.2) is 0 Å². The smallest absolute Gasteiger partial charge is 0.438 e. The summed E-state index contributed by atoms with van der Waals surface area (Å²) in [6, 6.07) is 38.9. The van der Waals surface area contributed by atoms with Crippen molar-refractivity contribution in [3.63, 3.8) is 0 Å². The van der Waals surface area contributed by atoms with Crippen molar-refractivity contribution in [3.8, 4) is 11.5 Å². The van der Waals surface area contributed by atoms with Crippen molar-refractivity contribution in [1.82, 2.24) is 0 Å². The molecule has 0 saturated heterocycles. The number of ether oxygens (including phenoxy) is 2. The van der Waals surface area contributed by atoms with Gasteiger partial charge in [0.25, 0.3) is 0 Å². The Morgan fingerprint density at radius 3 is 1.22 bits per heavy atom. The molecule has 4 aromatic rings. The maximum Gasteiger partial charge on any atom is 0.438 e. The normalized spacial score (nSPS) is 12.1. The fourth-order valence-corrected chi connectivity index (χ4v) is 10.4. The Kier molecular flexibility index (Phi) is 27.0. The van der Waals surface area contributed by atoms with Gasteiger partial charge in [-0.3, -0.25) is 9.59 Å². The van der Waals surface area contributed by atoms with Crippen molar-refractivity contribution in [2.24, 2.45) is 0 Å². The molecule has 0 aliphatic rings. The van der Waals surface area contributed by atoms with Crippen LogP contribution in [0.4, 0.5) is 35.1 Å². The van der Waals surface area contributed by atoms with Gasteiger partial charge in [0.2, 0.25) is 0 Å². The largest absolute Gasteiger partial charge is 0.691 e. The van der Waals surface area contributed by atoms with Crippen LogP contribution in [0.2, 0.25) is 0 Å². The van der Waals surface area contributed by atoms with Gasteiger partial charge in [-0.2, -0.15) is 47.9 Å². The fraction of sp³-hybridized carbons (Fsp3) is 0.455. The summed E-state index contributed by atoms with van der Waals surface area (Å²) in [4.78, 5) is 0. The molecule has 20 heteroatoms. The van der Waals surface area contributed by atoms with Gasteiger partial charge in [-0.1, -0.05) is 114 Å². The molecule has 0 aliphatic heterocycles. The van der Waals surface area contributed by atoms with E-state index in [9.17, 15) is 43.5 Å². The van der Waals surface area contributed by atoms with Gasteiger partial charge in [-0.15, -0.1) is 0 Å².